The first-order chi connectivity index (χ1) is 7.31. The van der Waals surface area contributed by atoms with Crippen LogP contribution in [0, 0.1) is 0 Å². The number of alkyl halides is 3. The molecule has 0 radical (unpaired) electrons. The van der Waals surface area contributed by atoms with Gasteiger partial charge in [0.1, 0.15) is 0 Å². The lowest BCUT2D eigenvalue weighted by atomic mass is 10.3. The average molecular weight is 307 g/mol. The van der Waals surface area contributed by atoms with E-state index in [9.17, 15) is 13.6 Å². The summed E-state index contributed by atoms with van der Waals surface area (Å²) in [5.74, 6) is 0. The normalized spacial score (nSPS) is 11.3. The van der Waals surface area contributed by atoms with Crippen LogP contribution in [0.15, 0.2) is 24.3 Å². The molecule has 0 aliphatic heterocycles. The molecule has 0 bridgehead atoms. The van der Waals surface area contributed by atoms with Crippen molar-refractivity contribution < 1.29 is 13.6 Å². The van der Waals surface area contributed by atoms with Gasteiger partial charge in [0.15, 0.2) is 0 Å². The van der Waals surface area contributed by atoms with E-state index in [0.717, 1.165) is 0 Å². The fourth-order valence-corrected chi connectivity index (χ4v) is 2.12. The second-order valence-electron chi connectivity index (χ2n) is 2.54. The molecular formula is C8H4Cl3F2NOS. The van der Waals surface area contributed by atoms with Gasteiger partial charge in [-0.2, -0.15) is 4.39 Å². The van der Waals surface area contributed by atoms with Gasteiger partial charge in [0.2, 0.25) is 0 Å². The Morgan fingerprint density at radius 3 is 2.38 bits per heavy atom. The lowest BCUT2D eigenvalue weighted by molar-refractivity contribution is 0.232. The minimum Gasteiger partial charge on any atom is -0.233 e. The number of para-hydroxylation sites is 1. The van der Waals surface area contributed by atoms with E-state index in [4.69, 9.17) is 34.8 Å². The molecule has 0 fully saturated rings. The second-order valence-corrected chi connectivity index (χ2v) is 5.74. The van der Waals surface area contributed by atoms with Crippen LogP contribution in [0.25, 0.3) is 0 Å². The highest BCUT2D eigenvalue weighted by molar-refractivity contribution is 8.04. The summed E-state index contributed by atoms with van der Waals surface area (Å²) in [4.78, 5) is 10.7. The highest BCUT2D eigenvalue weighted by atomic mass is 35.5. The SMILES string of the molecule is O=C(F)N(SC(F)(Cl)Cl)c1ccccc1Cl. The third kappa shape index (κ3) is 3.97. The number of amides is 1. The molecular weight excluding hydrogens is 303 g/mol. The maximum absolute atomic E-state index is 12.9. The molecule has 8 heteroatoms. The molecule has 1 rings (SSSR count). The van der Waals surface area contributed by atoms with Gasteiger partial charge in [0.25, 0.3) is 0 Å². The van der Waals surface area contributed by atoms with Gasteiger partial charge in [-0.1, -0.05) is 46.9 Å². The highest BCUT2D eigenvalue weighted by Crippen LogP contribution is 2.42. The van der Waals surface area contributed by atoms with Crippen molar-refractivity contribution in [3.63, 3.8) is 0 Å². The predicted octanol–water partition coefficient (Wildman–Crippen LogP) is 4.94. The Morgan fingerprint density at radius 2 is 1.94 bits per heavy atom. The summed E-state index contributed by atoms with van der Waals surface area (Å²) in [7, 11) is 0. The molecule has 0 heterocycles. The Morgan fingerprint density at radius 1 is 1.38 bits per heavy atom. The number of halogens is 5. The summed E-state index contributed by atoms with van der Waals surface area (Å²) in [5.41, 5.74) is -0.0370. The van der Waals surface area contributed by atoms with Gasteiger partial charge in [-0.3, -0.25) is 0 Å². The van der Waals surface area contributed by atoms with Gasteiger partial charge in [0, 0.05) is 11.9 Å². The Balaban J connectivity index is 3.04. The second kappa shape index (κ2) is 5.40. The van der Waals surface area contributed by atoms with E-state index in [1.165, 1.54) is 18.2 Å². The molecule has 0 aromatic heterocycles. The summed E-state index contributed by atoms with van der Waals surface area (Å²) in [6.07, 6.45) is -1.93. The Labute approximate surface area is 110 Å². The number of hydrogen-bond donors (Lipinski definition) is 0. The molecule has 0 aliphatic carbocycles. The van der Waals surface area contributed by atoms with Crippen LogP contribution in [0.3, 0.4) is 0 Å². The van der Waals surface area contributed by atoms with Crippen LogP contribution in [-0.4, -0.2) is 10.1 Å². The molecule has 0 atom stereocenters. The van der Waals surface area contributed by atoms with Crippen molar-refractivity contribution in [1.82, 2.24) is 0 Å². The fourth-order valence-electron chi connectivity index (χ4n) is 0.900. The molecule has 1 amide bonds. The first-order valence-electron chi connectivity index (χ1n) is 3.81. The lowest BCUT2D eigenvalue weighted by Gasteiger charge is -2.20. The number of nitrogens with zero attached hydrogens (tertiary/aromatic N) is 1. The summed E-state index contributed by atoms with van der Waals surface area (Å²) in [6, 6.07) is 5.81. The Bertz CT molecular complexity index is 399. The monoisotopic (exact) mass is 305 g/mol. The third-order valence-corrected chi connectivity index (χ3v) is 2.89. The zero-order valence-electron chi connectivity index (χ0n) is 7.46. The summed E-state index contributed by atoms with van der Waals surface area (Å²) < 4.78 is 23.1. The number of anilines is 1. The van der Waals surface area contributed by atoms with Gasteiger partial charge in [-0.25, -0.2) is 9.10 Å². The quantitative estimate of drug-likeness (QED) is 0.341. The van der Waals surface area contributed by atoms with E-state index < -0.39 is 10.1 Å². The summed E-state index contributed by atoms with van der Waals surface area (Å²) >= 11 is 15.7. The van der Waals surface area contributed by atoms with Crippen molar-refractivity contribution in [3.05, 3.63) is 29.3 Å². The van der Waals surface area contributed by atoms with Crippen LogP contribution in [0.2, 0.25) is 5.02 Å². The number of benzene rings is 1. The van der Waals surface area contributed by atoms with E-state index in [0.29, 0.717) is 4.31 Å². The van der Waals surface area contributed by atoms with Crippen molar-refractivity contribution in [1.29, 1.82) is 0 Å². The van der Waals surface area contributed by atoms with Crippen molar-refractivity contribution >= 4 is 58.6 Å². The number of rotatable bonds is 3. The third-order valence-electron chi connectivity index (χ3n) is 1.43. The number of carbonyl (C=O) groups excluding carboxylic acids is 1. The van der Waals surface area contributed by atoms with Crippen molar-refractivity contribution in [3.8, 4) is 0 Å². The van der Waals surface area contributed by atoms with Crippen LogP contribution in [0.4, 0.5) is 19.3 Å². The largest absolute Gasteiger partial charge is 0.415 e. The topological polar surface area (TPSA) is 20.3 Å². The maximum Gasteiger partial charge on any atom is 0.415 e. The minimum absolute atomic E-state index is 0.0342. The van der Waals surface area contributed by atoms with E-state index in [1.807, 2.05) is 0 Å². The van der Waals surface area contributed by atoms with Gasteiger partial charge in [-0.05, 0) is 12.1 Å². The molecule has 0 saturated heterocycles. The average Bonchev–Trinajstić information content (AvgIpc) is 2.13. The summed E-state index contributed by atoms with van der Waals surface area (Å²) in [6.45, 7) is 0. The smallest absolute Gasteiger partial charge is 0.233 e. The van der Waals surface area contributed by atoms with Crippen LogP contribution < -0.4 is 4.31 Å². The van der Waals surface area contributed by atoms with Crippen LogP contribution >= 0.6 is 46.8 Å². The predicted molar refractivity (Wildman–Crippen MR) is 63.6 cm³/mol. The van der Waals surface area contributed by atoms with E-state index in [-0.39, 0.29) is 22.7 Å². The van der Waals surface area contributed by atoms with E-state index >= 15 is 0 Å². The van der Waals surface area contributed by atoms with Crippen LogP contribution in [0.5, 0.6) is 0 Å². The Hall–Kier alpha value is -0.230. The standard InChI is InChI=1S/C8H4Cl3F2NOS/c9-5-3-1-2-4-6(5)14(7(12)15)16-8(10,11)13/h1-4H. The first-order valence-corrected chi connectivity index (χ1v) is 5.72. The molecule has 0 aliphatic rings. The van der Waals surface area contributed by atoms with E-state index in [1.54, 1.807) is 6.07 Å². The first kappa shape index (κ1) is 13.8. The van der Waals surface area contributed by atoms with E-state index in [2.05, 4.69) is 0 Å². The molecule has 0 spiro atoms. The molecule has 1 aromatic carbocycles. The van der Waals surface area contributed by atoms with Crippen molar-refractivity contribution in [2.24, 2.45) is 0 Å². The van der Waals surface area contributed by atoms with Gasteiger partial charge >= 0.3 is 10.1 Å². The molecule has 1 aromatic rings. The number of hydrogen-bond acceptors (Lipinski definition) is 2. The van der Waals surface area contributed by atoms with Gasteiger partial charge in [0.05, 0.1) is 10.7 Å². The highest BCUT2D eigenvalue weighted by Gasteiger charge is 2.32. The molecule has 88 valence electrons. The van der Waals surface area contributed by atoms with Crippen molar-refractivity contribution in [2.75, 3.05) is 4.31 Å². The van der Waals surface area contributed by atoms with Crippen LogP contribution in [-0.2, 0) is 0 Å². The maximum atomic E-state index is 12.9. The van der Waals surface area contributed by atoms with Gasteiger partial charge < -0.3 is 0 Å². The molecule has 0 N–H and O–H groups in total. The van der Waals surface area contributed by atoms with Crippen molar-refractivity contribution in [2.45, 2.75) is 3.92 Å². The number of carbonyl (C=O) groups is 1. The van der Waals surface area contributed by atoms with Crippen LogP contribution in [0.1, 0.15) is 0 Å². The Kier molecular flexibility index (Phi) is 4.67. The zero-order chi connectivity index (χ0) is 12.3. The molecule has 0 saturated carbocycles. The fraction of sp³-hybridized carbons (Fsp3) is 0.125. The zero-order valence-corrected chi connectivity index (χ0v) is 10.5. The minimum atomic E-state index is -2.83. The van der Waals surface area contributed by atoms with Gasteiger partial charge in [-0.15, -0.1) is 4.39 Å². The molecule has 16 heavy (non-hydrogen) atoms. The lowest BCUT2D eigenvalue weighted by Crippen LogP contribution is -2.22. The molecule has 2 nitrogen and oxygen atoms in total. The molecule has 0 unspecified atom stereocenters. The summed E-state index contributed by atoms with van der Waals surface area (Å²) in [5, 5.41) is 0.0681.